The van der Waals surface area contributed by atoms with Crippen molar-refractivity contribution in [3.63, 3.8) is 0 Å². The second kappa shape index (κ2) is 4.80. The fourth-order valence-corrected chi connectivity index (χ4v) is 2.72. The molecular weight excluding hydrogens is 278 g/mol. The SMILES string of the molecule is O=C1CCC(=O)N1c1ccc(-c2nc3ccccc3[nH]2)cc1. The molecular formula is C17H13N3O2. The number of carbonyl (C=O) groups excluding carboxylic acids is 2. The van der Waals surface area contributed by atoms with Crippen molar-refractivity contribution in [2.24, 2.45) is 0 Å². The summed E-state index contributed by atoms with van der Waals surface area (Å²) in [6.45, 7) is 0. The third kappa shape index (κ3) is 1.98. The van der Waals surface area contributed by atoms with E-state index >= 15 is 0 Å². The van der Waals surface area contributed by atoms with Crippen molar-refractivity contribution in [2.75, 3.05) is 4.90 Å². The molecule has 2 aromatic carbocycles. The lowest BCUT2D eigenvalue weighted by atomic mass is 10.2. The molecule has 1 fully saturated rings. The summed E-state index contributed by atoms with van der Waals surface area (Å²) in [6.07, 6.45) is 0.592. The summed E-state index contributed by atoms with van der Waals surface area (Å²) in [7, 11) is 0. The van der Waals surface area contributed by atoms with Crippen LogP contribution in [0.4, 0.5) is 5.69 Å². The number of benzene rings is 2. The fraction of sp³-hybridized carbons (Fsp3) is 0.118. The number of aromatic nitrogens is 2. The maximum atomic E-state index is 11.7. The van der Waals surface area contributed by atoms with Crippen LogP contribution >= 0.6 is 0 Å². The van der Waals surface area contributed by atoms with E-state index in [2.05, 4.69) is 9.97 Å². The second-order valence-electron chi connectivity index (χ2n) is 5.27. The topological polar surface area (TPSA) is 66.1 Å². The van der Waals surface area contributed by atoms with E-state index in [1.54, 1.807) is 12.1 Å². The van der Waals surface area contributed by atoms with Crippen LogP contribution < -0.4 is 4.90 Å². The average Bonchev–Trinajstić information content (AvgIpc) is 3.11. The number of para-hydroxylation sites is 2. The van der Waals surface area contributed by atoms with Gasteiger partial charge in [-0.05, 0) is 36.4 Å². The van der Waals surface area contributed by atoms with E-state index in [1.165, 1.54) is 4.90 Å². The van der Waals surface area contributed by atoms with Gasteiger partial charge < -0.3 is 4.98 Å². The van der Waals surface area contributed by atoms with Crippen molar-refractivity contribution in [3.05, 3.63) is 48.5 Å². The van der Waals surface area contributed by atoms with Crippen LogP contribution in [-0.2, 0) is 9.59 Å². The molecule has 0 unspecified atom stereocenters. The largest absolute Gasteiger partial charge is 0.338 e. The molecule has 108 valence electrons. The number of anilines is 1. The standard InChI is InChI=1S/C17H13N3O2/c21-15-9-10-16(22)20(15)12-7-5-11(6-8-12)17-18-13-3-1-2-4-14(13)19-17/h1-8H,9-10H2,(H,18,19). The highest BCUT2D eigenvalue weighted by Gasteiger charge is 2.30. The first kappa shape index (κ1) is 12.8. The molecule has 0 aliphatic carbocycles. The molecule has 5 heteroatoms. The highest BCUT2D eigenvalue weighted by Crippen LogP contribution is 2.26. The number of nitrogens with zero attached hydrogens (tertiary/aromatic N) is 2. The summed E-state index contributed by atoms with van der Waals surface area (Å²) in [5.41, 5.74) is 3.42. The van der Waals surface area contributed by atoms with Gasteiger partial charge in [0.2, 0.25) is 11.8 Å². The minimum atomic E-state index is -0.138. The summed E-state index contributed by atoms with van der Waals surface area (Å²) < 4.78 is 0. The Balaban J connectivity index is 1.69. The number of fused-ring (bicyclic) bond motifs is 1. The van der Waals surface area contributed by atoms with Crippen LogP contribution in [0.15, 0.2) is 48.5 Å². The molecule has 3 aromatic rings. The normalized spacial score (nSPS) is 15.0. The van der Waals surface area contributed by atoms with Gasteiger partial charge in [-0.25, -0.2) is 4.98 Å². The number of hydrogen-bond acceptors (Lipinski definition) is 3. The third-order valence-electron chi connectivity index (χ3n) is 3.84. The van der Waals surface area contributed by atoms with E-state index in [9.17, 15) is 9.59 Å². The lowest BCUT2D eigenvalue weighted by molar-refractivity contribution is -0.121. The minimum absolute atomic E-state index is 0.138. The molecule has 0 atom stereocenters. The first-order valence-corrected chi connectivity index (χ1v) is 7.13. The monoisotopic (exact) mass is 291 g/mol. The van der Waals surface area contributed by atoms with Gasteiger partial charge in [0.15, 0.2) is 0 Å². The second-order valence-corrected chi connectivity index (χ2v) is 5.27. The van der Waals surface area contributed by atoms with Gasteiger partial charge in [0, 0.05) is 18.4 Å². The average molecular weight is 291 g/mol. The number of amides is 2. The zero-order valence-electron chi connectivity index (χ0n) is 11.7. The predicted octanol–water partition coefficient (Wildman–Crippen LogP) is 2.88. The zero-order valence-corrected chi connectivity index (χ0v) is 11.7. The molecule has 2 amide bonds. The van der Waals surface area contributed by atoms with E-state index < -0.39 is 0 Å². The molecule has 1 aromatic heterocycles. The van der Waals surface area contributed by atoms with Crippen LogP contribution in [0.2, 0.25) is 0 Å². The number of imide groups is 1. The Hall–Kier alpha value is -2.95. The van der Waals surface area contributed by atoms with E-state index in [-0.39, 0.29) is 11.8 Å². The molecule has 22 heavy (non-hydrogen) atoms. The van der Waals surface area contributed by atoms with Gasteiger partial charge in [-0.3, -0.25) is 14.5 Å². The summed E-state index contributed by atoms with van der Waals surface area (Å²) in [5, 5.41) is 0. The van der Waals surface area contributed by atoms with Crippen molar-refractivity contribution in [1.29, 1.82) is 0 Å². The van der Waals surface area contributed by atoms with E-state index in [0.717, 1.165) is 22.4 Å². The maximum Gasteiger partial charge on any atom is 0.234 e. The molecule has 0 saturated carbocycles. The van der Waals surface area contributed by atoms with Gasteiger partial charge in [0.05, 0.1) is 16.7 Å². The number of carbonyl (C=O) groups is 2. The van der Waals surface area contributed by atoms with Crippen LogP contribution in [0.1, 0.15) is 12.8 Å². The Labute approximate surface area is 126 Å². The third-order valence-corrected chi connectivity index (χ3v) is 3.84. The van der Waals surface area contributed by atoms with Gasteiger partial charge in [-0.2, -0.15) is 0 Å². The van der Waals surface area contributed by atoms with Crippen molar-refractivity contribution in [1.82, 2.24) is 9.97 Å². The van der Waals surface area contributed by atoms with Crippen LogP contribution in [-0.4, -0.2) is 21.8 Å². The number of H-pyrrole nitrogens is 1. The Kier molecular flexibility index (Phi) is 2.79. The summed E-state index contributed by atoms with van der Waals surface area (Å²) in [4.78, 5) is 32.5. The highest BCUT2D eigenvalue weighted by atomic mass is 16.2. The smallest absolute Gasteiger partial charge is 0.234 e. The number of hydrogen-bond donors (Lipinski definition) is 1. The number of rotatable bonds is 2. The zero-order chi connectivity index (χ0) is 15.1. The lowest BCUT2D eigenvalue weighted by Crippen LogP contribution is -2.28. The molecule has 1 saturated heterocycles. The van der Waals surface area contributed by atoms with Crippen LogP contribution in [0.25, 0.3) is 22.4 Å². The van der Waals surface area contributed by atoms with Gasteiger partial charge in [0.25, 0.3) is 0 Å². The summed E-state index contributed by atoms with van der Waals surface area (Å²) >= 11 is 0. The summed E-state index contributed by atoms with van der Waals surface area (Å²) in [5.74, 6) is 0.495. The van der Waals surface area contributed by atoms with Gasteiger partial charge >= 0.3 is 0 Å². The molecule has 0 spiro atoms. The molecule has 0 bridgehead atoms. The van der Waals surface area contributed by atoms with E-state index in [4.69, 9.17) is 0 Å². The predicted molar refractivity (Wildman–Crippen MR) is 83.3 cm³/mol. The highest BCUT2D eigenvalue weighted by molar-refractivity contribution is 6.19. The molecule has 5 nitrogen and oxygen atoms in total. The van der Waals surface area contributed by atoms with Crippen molar-refractivity contribution in [3.8, 4) is 11.4 Å². The molecule has 1 aliphatic rings. The van der Waals surface area contributed by atoms with E-state index in [0.29, 0.717) is 18.5 Å². The van der Waals surface area contributed by atoms with Gasteiger partial charge in [0.1, 0.15) is 5.82 Å². The Morgan fingerprint density at radius 1 is 0.909 bits per heavy atom. The molecule has 1 N–H and O–H groups in total. The molecule has 0 radical (unpaired) electrons. The fourth-order valence-electron chi connectivity index (χ4n) is 2.72. The minimum Gasteiger partial charge on any atom is -0.338 e. The molecule has 4 rings (SSSR count). The van der Waals surface area contributed by atoms with Crippen LogP contribution in [0.3, 0.4) is 0 Å². The van der Waals surface area contributed by atoms with Crippen molar-refractivity contribution >= 4 is 28.5 Å². The Morgan fingerprint density at radius 2 is 1.59 bits per heavy atom. The van der Waals surface area contributed by atoms with E-state index in [1.807, 2.05) is 36.4 Å². The number of aromatic amines is 1. The number of nitrogens with one attached hydrogen (secondary N) is 1. The van der Waals surface area contributed by atoms with Gasteiger partial charge in [-0.15, -0.1) is 0 Å². The van der Waals surface area contributed by atoms with Gasteiger partial charge in [-0.1, -0.05) is 12.1 Å². The molecule has 1 aliphatic heterocycles. The first-order chi connectivity index (χ1) is 10.7. The quantitative estimate of drug-likeness (QED) is 0.738. The first-order valence-electron chi connectivity index (χ1n) is 7.13. The van der Waals surface area contributed by atoms with Crippen molar-refractivity contribution in [2.45, 2.75) is 12.8 Å². The van der Waals surface area contributed by atoms with Crippen LogP contribution in [0.5, 0.6) is 0 Å². The number of imidazole rings is 1. The molecule has 2 heterocycles. The Bertz CT molecular complexity index is 831. The van der Waals surface area contributed by atoms with Crippen molar-refractivity contribution < 1.29 is 9.59 Å². The lowest BCUT2D eigenvalue weighted by Gasteiger charge is -2.13. The van der Waals surface area contributed by atoms with Crippen LogP contribution in [0, 0.1) is 0 Å². The Morgan fingerprint density at radius 3 is 2.27 bits per heavy atom. The summed E-state index contributed by atoms with van der Waals surface area (Å²) in [6, 6.07) is 15.1. The maximum absolute atomic E-state index is 11.7.